The molecule has 1 atom stereocenters. The molecule has 1 aliphatic heterocycles. The van der Waals surface area contributed by atoms with Gasteiger partial charge in [-0.3, -0.25) is 9.69 Å². The first kappa shape index (κ1) is 23.4. The molecule has 0 aliphatic carbocycles. The molecule has 0 saturated carbocycles. The first-order chi connectivity index (χ1) is 16.4. The SMILES string of the molecule is O=C(C1CCCN(S(=O)(=O)c2cccs2)C1)N(Cc1ccccc1)c1nc2c(Cl)cccc2s1. The van der Waals surface area contributed by atoms with Crippen molar-refractivity contribution >= 4 is 65.6 Å². The Kier molecular flexibility index (Phi) is 6.72. The average Bonchev–Trinajstić information content (AvgIpc) is 3.54. The molecule has 2 aromatic heterocycles. The van der Waals surface area contributed by atoms with E-state index in [0.29, 0.717) is 45.8 Å². The molecule has 1 saturated heterocycles. The molecule has 1 fully saturated rings. The Balaban J connectivity index is 1.46. The van der Waals surface area contributed by atoms with E-state index < -0.39 is 15.9 Å². The van der Waals surface area contributed by atoms with Gasteiger partial charge in [0.25, 0.3) is 10.0 Å². The van der Waals surface area contributed by atoms with E-state index in [1.807, 2.05) is 42.5 Å². The van der Waals surface area contributed by atoms with Crippen molar-refractivity contribution in [1.29, 1.82) is 0 Å². The zero-order valence-corrected chi connectivity index (χ0v) is 21.3. The van der Waals surface area contributed by atoms with Crippen molar-refractivity contribution in [2.75, 3.05) is 18.0 Å². The lowest BCUT2D eigenvalue weighted by Gasteiger charge is -2.33. The van der Waals surface area contributed by atoms with E-state index in [1.165, 1.54) is 27.0 Å². The molecule has 0 spiro atoms. The number of sulfonamides is 1. The third kappa shape index (κ3) is 4.63. The molecule has 0 radical (unpaired) electrons. The monoisotopic (exact) mass is 531 g/mol. The first-order valence-corrected chi connectivity index (χ1v) is 14.4. The van der Waals surface area contributed by atoms with E-state index >= 15 is 0 Å². The minimum Gasteiger partial charge on any atom is -0.283 e. The molecule has 5 rings (SSSR count). The Morgan fingerprint density at radius 2 is 1.94 bits per heavy atom. The Hall–Kier alpha value is -2.30. The van der Waals surface area contributed by atoms with E-state index in [4.69, 9.17) is 16.6 Å². The number of benzene rings is 2. The van der Waals surface area contributed by atoms with Crippen LogP contribution in [0.3, 0.4) is 0 Å². The van der Waals surface area contributed by atoms with Gasteiger partial charge in [-0.1, -0.05) is 65.4 Å². The number of para-hydroxylation sites is 1. The standard InChI is InChI=1S/C24H22ClN3O3S3/c25-19-10-4-11-20-22(19)26-24(33-20)28(15-17-7-2-1-3-8-17)23(29)18-9-5-13-27(16-18)34(30,31)21-12-6-14-32-21/h1-4,6-8,10-12,14,18H,5,9,13,15-16H2. The van der Waals surface area contributed by atoms with Gasteiger partial charge < -0.3 is 0 Å². The molecule has 1 unspecified atom stereocenters. The van der Waals surface area contributed by atoms with Crippen LogP contribution in [0, 0.1) is 5.92 Å². The van der Waals surface area contributed by atoms with E-state index in [-0.39, 0.29) is 12.5 Å². The summed E-state index contributed by atoms with van der Waals surface area (Å²) >= 11 is 8.96. The number of rotatable bonds is 6. The number of aromatic nitrogens is 1. The van der Waals surface area contributed by atoms with Crippen LogP contribution in [0.5, 0.6) is 0 Å². The number of hydrogen-bond donors (Lipinski definition) is 0. The maximum Gasteiger partial charge on any atom is 0.252 e. The molecule has 34 heavy (non-hydrogen) atoms. The molecule has 1 aliphatic rings. The molecular weight excluding hydrogens is 510 g/mol. The van der Waals surface area contributed by atoms with E-state index in [0.717, 1.165) is 10.3 Å². The number of amides is 1. The van der Waals surface area contributed by atoms with Crippen LogP contribution in [-0.4, -0.2) is 36.7 Å². The van der Waals surface area contributed by atoms with Crippen LogP contribution in [0.4, 0.5) is 5.13 Å². The molecule has 10 heteroatoms. The second-order valence-corrected chi connectivity index (χ2v) is 12.7. The second kappa shape index (κ2) is 9.75. The van der Waals surface area contributed by atoms with Gasteiger partial charge in [0.15, 0.2) is 5.13 Å². The number of carbonyl (C=O) groups is 1. The van der Waals surface area contributed by atoms with Gasteiger partial charge in [-0.2, -0.15) is 4.31 Å². The van der Waals surface area contributed by atoms with Crippen molar-refractivity contribution in [3.8, 4) is 0 Å². The van der Waals surface area contributed by atoms with Gasteiger partial charge in [0.2, 0.25) is 5.91 Å². The number of nitrogens with zero attached hydrogens (tertiary/aromatic N) is 3. The summed E-state index contributed by atoms with van der Waals surface area (Å²) in [6.45, 7) is 0.931. The van der Waals surface area contributed by atoms with Gasteiger partial charge in [0.1, 0.15) is 9.73 Å². The van der Waals surface area contributed by atoms with E-state index in [2.05, 4.69) is 0 Å². The molecule has 0 bridgehead atoms. The number of thiophene rings is 1. The van der Waals surface area contributed by atoms with Crippen LogP contribution < -0.4 is 4.90 Å². The lowest BCUT2D eigenvalue weighted by atomic mass is 9.98. The van der Waals surface area contributed by atoms with Crippen molar-refractivity contribution < 1.29 is 13.2 Å². The number of fused-ring (bicyclic) bond motifs is 1. The summed E-state index contributed by atoms with van der Waals surface area (Å²) in [6.07, 6.45) is 1.26. The van der Waals surface area contributed by atoms with Gasteiger partial charge in [-0.05, 0) is 42.0 Å². The highest BCUT2D eigenvalue weighted by atomic mass is 35.5. The summed E-state index contributed by atoms with van der Waals surface area (Å²) in [4.78, 5) is 20.2. The fourth-order valence-corrected chi connectivity index (χ4v) is 8.08. The number of hydrogen-bond acceptors (Lipinski definition) is 6. The van der Waals surface area contributed by atoms with Crippen LogP contribution in [0.25, 0.3) is 10.2 Å². The molecule has 176 valence electrons. The number of thiazole rings is 1. The average molecular weight is 532 g/mol. The quantitative estimate of drug-likeness (QED) is 0.322. The van der Waals surface area contributed by atoms with Crippen molar-refractivity contribution in [3.05, 3.63) is 76.6 Å². The summed E-state index contributed by atoms with van der Waals surface area (Å²) < 4.78 is 28.8. The number of anilines is 1. The van der Waals surface area contributed by atoms with Crippen LogP contribution in [0.1, 0.15) is 18.4 Å². The molecule has 2 aromatic carbocycles. The van der Waals surface area contributed by atoms with Crippen LogP contribution >= 0.6 is 34.3 Å². The molecule has 1 amide bonds. The van der Waals surface area contributed by atoms with Crippen molar-refractivity contribution in [2.45, 2.75) is 23.6 Å². The summed E-state index contributed by atoms with van der Waals surface area (Å²) in [5.74, 6) is -0.570. The number of halogens is 1. The molecule has 0 N–H and O–H groups in total. The predicted octanol–water partition coefficient (Wildman–Crippen LogP) is 5.65. The maximum atomic E-state index is 13.9. The highest BCUT2D eigenvalue weighted by molar-refractivity contribution is 7.91. The zero-order chi connectivity index (χ0) is 23.7. The zero-order valence-electron chi connectivity index (χ0n) is 18.1. The molecule has 6 nitrogen and oxygen atoms in total. The molecule has 3 heterocycles. The lowest BCUT2D eigenvalue weighted by molar-refractivity contribution is -0.123. The number of piperidine rings is 1. The Bertz CT molecular complexity index is 1410. The van der Waals surface area contributed by atoms with Crippen molar-refractivity contribution in [3.63, 3.8) is 0 Å². The second-order valence-electron chi connectivity index (χ2n) is 8.13. The summed E-state index contributed by atoms with van der Waals surface area (Å²) in [5.41, 5.74) is 1.64. The van der Waals surface area contributed by atoms with Crippen molar-refractivity contribution in [2.24, 2.45) is 5.92 Å². The van der Waals surface area contributed by atoms with Gasteiger partial charge in [-0.15, -0.1) is 11.3 Å². The van der Waals surface area contributed by atoms with Gasteiger partial charge in [0.05, 0.1) is 22.2 Å². The van der Waals surface area contributed by atoms with Gasteiger partial charge >= 0.3 is 0 Å². The highest BCUT2D eigenvalue weighted by Crippen LogP contribution is 2.35. The topological polar surface area (TPSA) is 70.6 Å². The Morgan fingerprint density at radius 1 is 1.12 bits per heavy atom. The van der Waals surface area contributed by atoms with Crippen LogP contribution in [0.2, 0.25) is 5.02 Å². The summed E-state index contributed by atoms with van der Waals surface area (Å²) in [7, 11) is -3.61. The normalized spacial score (nSPS) is 17.1. The summed E-state index contributed by atoms with van der Waals surface area (Å²) in [5, 5.41) is 2.85. The van der Waals surface area contributed by atoms with Crippen LogP contribution in [-0.2, 0) is 21.4 Å². The Labute approximate surface area is 211 Å². The minimum atomic E-state index is -3.61. The third-order valence-electron chi connectivity index (χ3n) is 5.86. The van der Waals surface area contributed by atoms with Gasteiger partial charge in [0, 0.05) is 13.1 Å². The smallest absolute Gasteiger partial charge is 0.252 e. The fourth-order valence-electron chi connectivity index (χ4n) is 4.14. The molecule has 4 aromatic rings. The van der Waals surface area contributed by atoms with Crippen molar-refractivity contribution in [1.82, 2.24) is 9.29 Å². The number of carbonyl (C=O) groups excluding carboxylic acids is 1. The predicted molar refractivity (Wildman–Crippen MR) is 138 cm³/mol. The largest absolute Gasteiger partial charge is 0.283 e. The highest BCUT2D eigenvalue weighted by Gasteiger charge is 2.36. The lowest BCUT2D eigenvalue weighted by Crippen LogP contribution is -2.46. The minimum absolute atomic E-state index is 0.120. The summed E-state index contributed by atoms with van der Waals surface area (Å²) in [6, 6.07) is 18.7. The fraction of sp³-hybridized carbons (Fsp3) is 0.250. The van der Waals surface area contributed by atoms with E-state index in [1.54, 1.807) is 28.5 Å². The van der Waals surface area contributed by atoms with Crippen LogP contribution in [0.15, 0.2) is 70.3 Å². The van der Waals surface area contributed by atoms with E-state index in [9.17, 15) is 13.2 Å². The van der Waals surface area contributed by atoms with Gasteiger partial charge in [-0.25, -0.2) is 13.4 Å². The first-order valence-electron chi connectivity index (χ1n) is 10.9. The Morgan fingerprint density at radius 3 is 2.68 bits per heavy atom. The molecular formula is C24H22ClN3O3S3. The third-order valence-corrected chi connectivity index (χ3v) is 10.4. The maximum absolute atomic E-state index is 13.9.